The zero-order valence-corrected chi connectivity index (χ0v) is 30.4. The Morgan fingerprint density at radius 3 is 2.26 bits per heavy atom. The number of hydrogen-bond donors (Lipinski definition) is 3. The molecule has 0 bridgehead atoms. The molecule has 0 unspecified atom stereocenters. The highest BCUT2D eigenvalue weighted by Crippen LogP contribution is 2.59. The molecule has 54 heavy (non-hydrogen) atoms. The molecule has 13 nitrogen and oxygen atoms in total. The average molecular weight is 765 g/mol. The molecule has 4 atom stereocenters. The van der Waals surface area contributed by atoms with Crippen LogP contribution in [-0.4, -0.2) is 96.5 Å². The van der Waals surface area contributed by atoms with E-state index in [0.29, 0.717) is 11.1 Å². The molecule has 1 aromatic carbocycles. The number of alkyl halides is 3. The van der Waals surface area contributed by atoms with Crippen LogP contribution in [0.25, 0.3) is 6.08 Å². The van der Waals surface area contributed by atoms with E-state index < -0.39 is 78.2 Å². The van der Waals surface area contributed by atoms with Crippen molar-refractivity contribution in [1.29, 1.82) is 0 Å². The summed E-state index contributed by atoms with van der Waals surface area (Å²) in [7, 11) is 0. The summed E-state index contributed by atoms with van der Waals surface area (Å²) in [5.74, 6) is -3.65. The number of esters is 3. The maximum absolute atomic E-state index is 13.4. The van der Waals surface area contributed by atoms with Crippen LogP contribution in [0.15, 0.2) is 42.0 Å². The van der Waals surface area contributed by atoms with Gasteiger partial charge in [-0.25, -0.2) is 9.59 Å². The van der Waals surface area contributed by atoms with Crippen LogP contribution in [-0.2, 0) is 42.9 Å². The van der Waals surface area contributed by atoms with Crippen molar-refractivity contribution in [3.63, 3.8) is 0 Å². The molecule has 3 aliphatic carbocycles. The molecule has 1 heterocycles. The maximum Gasteiger partial charge on any atom is 0.422 e. The molecule has 296 valence electrons. The number of carbonyl (C=O) groups excluding carboxylic acids is 5. The normalized spacial score (nSPS) is 22.8. The third-order valence-electron chi connectivity index (χ3n) is 9.24. The topological polar surface area (TPSA) is 176 Å². The van der Waals surface area contributed by atoms with Crippen molar-refractivity contribution in [1.82, 2.24) is 10.6 Å². The zero-order chi connectivity index (χ0) is 39.3. The number of amides is 2. The maximum atomic E-state index is 13.4. The van der Waals surface area contributed by atoms with Gasteiger partial charge in [-0.05, 0) is 82.7 Å². The summed E-state index contributed by atoms with van der Waals surface area (Å²) in [6.07, 6.45) is 0.778. The van der Waals surface area contributed by atoms with Gasteiger partial charge in [0.05, 0.1) is 18.2 Å². The van der Waals surface area contributed by atoms with E-state index in [-0.39, 0.29) is 56.2 Å². The van der Waals surface area contributed by atoms with Crippen molar-refractivity contribution < 1.29 is 65.9 Å². The molecule has 0 radical (unpaired) electrons. The highest BCUT2D eigenvalue weighted by Gasteiger charge is 2.64. The fourth-order valence-corrected chi connectivity index (χ4v) is 6.47. The monoisotopic (exact) mass is 764 g/mol. The van der Waals surface area contributed by atoms with Gasteiger partial charge in [0.1, 0.15) is 23.9 Å². The lowest BCUT2D eigenvalue weighted by molar-refractivity contribution is -0.209. The van der Waals surface area contributed by atoms with Crippen LogP contribution >= 0.6 is 0 Å². The van der Waals surface area contributed by atoms with E-state index in [9.17, 15) is 42.3 Å². The largest absolute Gasteiger partial charge is 0.460 e. The van der Waals surface area contributed by atoms with Gasteiger partial charge < -0.3 is 39.4 Å². The SMILES string of the molecule is CC(C)(C)OC(=O)CC[C@@H](CO)NC(=O)CCNC(=O)C1=C[C@H]2OC(C3CC3)(C3CC3)O[C@H]2[C@H](OC(=O)c2ccc(C=CC(=O)OCC(F)(F)F)cc2)C1. The van der Waals surface area contributed by atoms with E-state index in [1.165, 1.54) is 30.3 Å². The van der Waals surface area contributed by atoms with E-state index in [2.05, 4.69) is 15.4 Å². The molecule has 0 spiro atoms. The first-order valence-electron chi connectivity index (χ1n) is 18.1. The van der Waals surface area contributed by atoms with Crippen LogP contribution in [0.5, 0.6) is 0 Å². The third kappa shape index (κ3) is 11.6. The number of aliphatic hydroxyl groups excluding tert-OH is 1. The lowest BCUT2D eigenvalue weighted by atomic mass is 9.91. The summed E-state index contributed by atoms with van der Waals surface area (Å²) in [6, 6.07) is 5.15. The predicted octanol–water partition coefficient (Wildman–Crippen LogP) is 4.07. The van der Waals surface area contributed by atoms with Crippen molar-refractivity contribution in [2.24, 2.45) is 11.8 Å². The molecule has 2 saturated carbocycles. The first-order valence-corrected chi connectivity index (χ1v) is 18.1. The fraction of sp³-hybridized carbons (Fsp3) is 0.605. The number of aliphatic hydroxyl groups is 1. The van der Waals surface area contributed by atoms with Crippen molar-refractivity contribution in [2.75, 3.05) is 19.8 Å². The minimum Gasteiger partial charge on any atom is -0.460 e. The van der Waals surface area contributed by atoms with Gasteiger partial charge in [0.25, 0.3) is 0 Å². The Kier molecular flexibility index (Phi) is 12.9. The van der Waals surface area contributed by atoms with Crippen LogP contribution in [0.2, 0.25) is 0 Å². The molecule has 16 heteroatoms. The van der Waals surface area contributed by atoms with Gasteiger partial charge in [-0.15, -0.1) is 0 Å². The second kappa shape index (κ2) is 17.0. The lowest BCUT2D eigenvalue weighted by Crippen LogP contribution is -2.44. The minimum atomic E-state index is -4.64. The quantitative estimate of drug-likeness (QED) is 0.126. The van der Waals surface area contributed by atoms with E-state index in [1.807, 2.05) is 0 Å². The van der Waals surface area contributed by atoms with Crippen LogP contribution in [0, 0.1) is 11.8 Å². The van der Waals surface area contributed by atoms with Crippen LogP contribution < -0.4 is 10.6 Å². The van der Waals surface area contributed by atoms with E-state index in [1.54, 1.807) is 26.8 Å². The number of carbonyl (C=O) groups is 5. The average Bonchev–Trinajstić information content (AvgIpc) is 4.05. The van der Waals surface area contributed by atoms with E-state index >= 15 is 0 Å². The van der Waals surface area contributed by atoms with E-state index in [0.717, 1.165) is 31.8 Å². The number of rotatable bonds is 16. The smallest absolute Gasteiger partial charge is 0.422 e. The summed E-state index contributed by atoms with van der Waals surface area (Å²) in [4.78, 5) is 63.0. The zero-order valence-electron chi connectivity index (χ0n) is 30.4. The number of nitrogens with one attached hydrogen (secondary N) is 2. The van der Waals surface area contributed by atoms with Gasteiger partial charge in [0.2, 0.25) is 11.8 Å². The molecule has 3 N–H and O–H groups in total. The van der Waals surface area contributed by atoms with Crippen molar-refractivity contribution in [3.05, 3.63) is 53.1 Å². The predicted molar refractivity (Wildman–Crippen MR) is 184 cm³/mol. The first-order chi connectivity index (χ1) is 25.4. The van der Waals surface area contributed by atoms with Gasteiger partial charge in [0, 0.05) is 49.3 Å². The summed E-state index contributed by atoms with van der Waals surface area (Å²) in [5.41, 5.74) is 0.211. The Balaban J connectivity index is 1.18. The molecule has 1 saturated heterocycles. The highest BCUT2D eigenvalue weighted by atomic mass is 19.4. The molecular weight excluding hydrogens is 717 g/mol. The Labute approximate surface area is 310 Å². The number of hydrogen-bond acceptors (Lipinski definition) is 11. The molecule has 5 rings (SSSR count). The Hall–Kier alpha value is -4.28. The molecule has 4 aliphatic rings. The molecule has 1 aliphatic heterocycles. The van der Waals surface area contributed by atoms with Crippen LogP contribution in [0.1, 0.15) is 88.1 Å². The molecule has 2 amide bonds. The summed E-state index contributed by atoms with van der Waals surface area (Å²) in [6.45, 7) is 3.11. The van der Waals surface area contributed by atoms with Crippen LogP contribution in [0.3, 0.4) is 0 Å². The van der Waals surface area contributed by atoms with Crippen LogP contribution in [0.4, 0.5) is 13.2 Å². The number of fused-ring (bicyclic) bond motifs is 1. The summed E-state index contributed by atoms with van der Waals surface area (Å²) >= 11 is 0. The van der Waals surface area contributed by atoms with Crippen molar-refractivity contribution >= 4 is 35.8 Å². The van der Waals surface area contributed by atoms with Gasteiger partial charge in [-0.1, -0.05) is 12.1 Å². The number of halogens is 3. The summed E-state index contributed by atoms with van der Waals surface area (Å²) in [5, 5.41) is 15.1. The second-order valence-electron chi connectivity index (χ2n) is 15.0. The molecule has 1 aromatic rings. The van der Waals surface area contributed by atoms with E-state index in [4.69, 9.17) is 18.9 Å². The second-order valence-corrected chi connectivity index (χ2v) is 15.0. The van der Waals surface area contributed by atoms with Gasteiger partial charge >= 0.3 is 24.1 Å². The molecule has 3 fully saturated rings. The first kappa shape index (κ1) is 40.9. The van der Waals surface area contributed by atoms with Crippen molar-refractivity contribution in [3.8, 4) is 0 Å². The Morgan fingerprint density at radius 2 is 1.67 bits per heavy atom. The Bertz CT molecular complexity index is 1600. The summed E-state index contributed by atoms with van der Waals surface area (Å²) < 4.78 is 65.4. The lowest BCUT2D eigenvalue weighted by Gasteiger charge is -2.31. The number of ether oxygens (including phenoxy) is 5. The highest BCUT2D eigenvalue weighted by molar-refractivity contribution is 5.94. The number of benzene rings is 1. The Morgan fingerprint density at radius 1 is 1.00 bits per heavy atom. The van der Waals surface area contributed by atoms with Gasteiger partial charge in [-0.2, -0.15) is 13.2 Å². The molecular formula is C38H47F3N2O11. The minimum absolute atomic E-state index is 0.00771. The van der Waals surface area contributed by atoms with Gasteiger partial charge in [0.15, 0.2) is 12.4 Å². The van der Waals surface area contributed by atoms with Crippen molar-refractivity contribution in [2.45, 2.75) is 114 Å². The standard InChI is InChI=1S/C38H47F3N2O11/c1-36(2,3)53-32(47)15-13-27(20-44)43-30(45)16-17-42-34(48)24-18-28(33-29(19-24)52-38(54-33,25-9-10-25)26-11-12-26)51-35(49)23-7-4-22(5-8-23)6-14-31(46)50-21-37(39,40)41/h4-8,14,19,25-29,33,44H,9-13,15-18,20-21H2,1-3H3,(H,42,48)(H,43,45)/t27-,28+,29+,33-/m0/s1. The fourth-order valence-electron chi connectivity index (χ4n) is 6.47. The molecule has 0 aromatic heterocycles. The van der Waals surface area contributed by atoms with Gasteiger partial charge in [-0.3, -0.25) is 14.4 Å². The third-order valence-corrected chi connectivity index (χ3v) is 9.24.